The largest absolute Gasteiger partial charge is 0.460 e. The third kappa shape index (κ3) is 2.67. The molecular weight excluding hydrogens is 394 g/mol. The first kappa shape index (κ1) is 18.1. The fraction of sp³-hybridized carbons (Fsp3) is 1.00. The predicted octanol–water partition coefficient (Wildman–Crippen LogP) is 4.91. The Morgan fingerprint density at radius 1 is 0.722 bits per heavy atom. The normalized spacial score (nSPS) is 18.7. The minimum Gasteiger partial charge on any atom is -0.199 e. The van der Waals surface area contributed by atoms with Gasteiger partial charge < -0.3 is 0 Å². The maximum atomic E-state index is 13.1. The maximum absolute atomic E-state index is 13.1. The Labute approximate surface area is 110 Å². The zero-order valence-corrected chi connectivity index (χ0v) is 11.1. The molecule has 110 valence electrons. The first-order chi connectivity index (χ1) is 7.60. The molecule has 2 atom stereocenters. The number of alkyl halides is 10. The van der Waals surface area contributed by atoms with E-state index in [-0.39, 0.29) is 0 Å². The van der Waals surface area contributed by atoms with Crippen LogP contribution in [0.3, 0.4) is 0 Å². The monoisotopic (exact) mass is 402 g/mol. The predicted molar refractivity (Wildman–Crippen MR) is 53.5 cm³/mol. The summed E-state index contributed by atoms with van der Waals surface area (Å²) in [6, 6.07) is 0. The number of hydrogen-bond donors (Lipinski definition) is 0. The molecule has 0 heterocycles. The van der Waals surface area contributed by atoms with E-state index in [0.717, 1.165) is 6.92 Å². The molecule has 2 unspecified atom stereocenters. The quantitative estimate of drug-likeness (QED) is 0.356. The van der Waals surface area contributed by atoms with Crippen LogP contribution >= 0.6 is 22.6 Å². The summed E-state index contributed by atoms with van der Waals surface area (Å²) < 4.78 is 111. The molecule has 0 aromatic rings. The molecule has 0 aliphatic carbocycles. The van der Waals surface area contributed by atoms with Crippen molar-refractivity contribution in [3.63, 3.8) is 0 Å². The standard InChI is InChI=1S/C8H8F9I/c1-3(4(2)18)5(9,10)6(11,12)7(13,14)8(15,16)17/h3-4H,1-2H3. The lowest BCUT2D eigenvalue weighted by molar-refractivity contribution is -0.402. The molecular formula is C8H8F9I. The molecule has 0 N–H and O–H groups in total. The van der Waals surface area contributed by atoms with Gasteiger partial charge in [-0.2, -0.15) is 39.5 Å². The van der Waals surface area contributed by atoms with Crippen molar-refractivity contribution in [3.8, 4) is 0 Å². The summed E-state index contributed by atoms with van der Waals surface area (Å²) in [6.45, 7) is 1.48. The first-order valence-electron chi connectivity index (χ1n) is 4.45. The molecule has 0 saturated carbocycles. The molecule has 0 aliphatic heterocycles. The summed E-state index contributed by atoms with van der Waals surface area (Å²) in [5.74, 6) is -21.2. The van der Waals surface area contributed by atoms with Crippen LogP contribution < -0.4 is 0 Å². The van der Waals surface area contributed by atoms with Gasteiger partial charge in [-0.3, -0.25) is 0 Å². The van der Waals surface area contributed by atoms with E-state index >= 15 is 0 Å². The molecule has 0 fully saturated rings. The van der Waals surface area contributed by atoms with Gasteiger partial charge in [0.15, 0.2) is 0 Å². The van der Waals surface area contributed by atoms with Crippen LogP contribution in [-0.4, -0.2) is 27.9 Å². The third-order valence-electron chi connectivity index (χ3n) is 2.43. The van der Waals surface area contributed by atoms with E-state index in [9.17, 15) is 39.5 Å². The topological polar surface area (TPSA) is 0 Å². The summed E-state index contributed by atoms with van der Waals surface area (Å²) in [5.41, 5.74) is 0. The van der Waals surface area contributed by atoms with Gasteiger partial charge in [-0.05, 0) is 0 Å². The van der Waals surface area contributed by atoms with Gasteiger partial charge in [-0.1, -0.05) is 36.4 Å². The molecule has 0 bridgehead atoms. The molecule has 0 spiro atoms. The SMILES string of the molecule is CC(I)C(C)C(F)(F)C(F)(F)C(F)(F)C(F)(F)F. The average molecular weight is 402 g/mol. The Hall–Kier alpha value is 0.1000. The van der Waals surface area contributed by atoms with Crippen molar-refractivity contribution in [2.75, 3.05) is 0 Å². The minimum absolute atomic E-state index is 0.484. The molecule has 18 heavy (non-hydrogen) atoms. The van der Waals surface area contributed by atoms with E-state index in [1.54, 1.807) is 0 Å². The van der Waals surface area contributed by atoms with Crippen molar-refractivity contribution in [1.82, 2.24) is 0 Å². The van der Waals surface area contributed by atoms with Gasteiger partial charge in [0, 0.05) is 9.84 Å². The van der Waals surface area contributed by atoms with E-state index in [1.807, 2.05) is 0 Å². The van der Waals surface area contributed by atoms with Gasteiger partial charge in [0.1, 0.15) is 0 Å². The van der Waals surface area contributed by atoms with Gasteiger partial charge >= 0.3 is 23.9 Å². The second-order valence-corrected chi connectivity index (χ2v) is 5.70. The lowest BCUT2D eigenvalue weighted by atomic mass is 9.91. The Bertz CT molecular complexity index is 293. The number of rotatable bonds is 4. The zero-order valence-electron chi connectivity index (χ0n) is 8.93. The highest BCUT2D eigenvalue weighted by Gasteiger charge is 2.82. The van der Waals surface area contributed by atoms with E-state index in [0.29, 0.717) is 6.92 Å². The van der Waals surface area contributed by atoms with Crippen LogP contribution in [-0.2, 0) is 0 Å². The summed E-state index contributed by atoms with van der Waals surface area (Å²) in [7, 11) is 0. The fourth-order valence-corrected chi connectivity index (χ4v) is 1.41. The van der Waals surface area contributed by atoms with E-state index in [1.165, 1.54) is 22.6 Å². The van der Waals surface area contributed by atoms with Crippen molar-refractivity contribution in [2.24, 2.45) is 5.92 Å². The van der Waals surface area contributed by atoms with Crippen LogP contribution in [0.15, 0.2) is 0 Å². The summed E-state index contributed by atoms with van der Waals surface area (Å²) in [4.78, 5) is 0. The lowest BCUT2D eigenvalue weighted by Crippen LogP contribution is -2.63. The van der Waals surface area contributed by atoms with Crippen molar-refractivity contribution < 1.29 is 39.5 Å². The van der Waals surface area contributed by atoms with Gasteiger partial charge in [-0.15, -0.1) is 0 Å². The highest BCUT2D eigenvalue weighted by atomic mass is 127. The molecule has 0 aliphatic rings. The van der Waals surface area contributed by atoms with Crippen molar-refractivity contribution in [1.29, 1.82) is 0 Å². The zero-order chi connectivity index (χ0) is 15.2. The Morgan fingerprint density at radius 2 is 1.06 bits per heavy atom. The van der Waals surface area contributed by atoms with E-state index < -0.39 is 33.8 Å². The second-order valence-electron chi connectivity index (χ2n) is 3.74. The van der Waals surface area contributed by atoms with Gasteiger partial charge in [0.05, 0.1) is 0 Å². The molecule has 0 rings (SSSR count). The number of hydrogen-bond acceptors (Lipinski definition) is 0. The highest BCUT2D eigenvalue weighted by Crippen LogP contribution is 2.55. The number of halogens is 10. The van der Waals surface area contributed by atoms with Gasteiger partial charge in [-0.25, -0.2) is 0 Å². The fourth-order valence-electron chi connectivity index (χ4n) is 0.962. The van der Waals surface area contributed by atoms with Crippen LogP contribution in [0.25, 0.3) is 0 Å². The van der Waals surface area contributed by atoms with Crippen LogP contribution in [0, 0.1) is 5.92 Å². The molecule has 0 aromatic carbocycles. The summed E-state index contributed by atoms with van der Waals surface area (Å²) in [6.07, 6.45) is -6.76. The Balaban J connectivity index is 5.64. The molecule has 0 nitrogen and oxygen atoms in total. The minimum atomic E-state index is -6.80. The van der Waals surface area contributed by atoms with Crippen LogP contribution in [0.1, 0.15) is 13.8 Å². The van der Waals surface area contributed by atoms with Crippen molar-refractivity contribution in [3.05, 3.63) is 0 Å². The molecule has 0 amide bonds. The van der Waals surface area contributed by atoms with Crippen LogP contribution in [0.2, 0.25) is 0 Å². The van der Waals surface area contributed by atoms with Gasteiger partial charge in [0.2, 0.25) is 0 Å². The second kappa shape index (κ2) is 4.89. The highest BCUT2D eigenvalue weighted by molar-refractivity contribution is 14.1. The van der Waals surface area contributed by atoms with E-state index in [4.69, 9.17) is 0 Å². The summed E-state index contributed by atoms with van der Waals surface area (Å²) >= 11 is 1.24. The molecule has 10 heteroatoms. The smallest absolute Gasteiger partial charge is 0.199 e. The van der Waals surface area contributed by atoms with E-state index in [2.05, 4.69) is 0 Å². The summed E-state index contributed by atoms with van der Waals surface area (Å²) in [5, 5.41) is 0. The average Bonchev–Trinajstić information content (AvgIpc) is 2.13. The lowest BCUT2D eigenvalue weighted by Gasteiger charge is -2.37. The van der Waals surface area contributed by atoms with Crippen molar-refractivity contribution in [2.45, 2.75) is 41.7 Å². The third-order valence-corrected chi connectivity index (χ3v) is 3.51. The van der Waals surface area contributed by atoms with Crippen molar-refractivity contribution >= 4 is 22.6 Å². The molecule has 0 saturated heterocycles. The van der Waals surface area contributed by atoms with Crippen LogP contribution in [0.4, 0.5) is 39.5 Å². The molecule has 0 aromatic heterocycles. The Kier molecular flexibility index (Phi) is 4.92. The van der Waals surface area contributed by atoms with Crippen LogP contribution in [0.5, 0.6) is 0 Å². The molecule has 0 radical (unpaired) electrons. The Morgan fingerprint density at radius 3 is 1.28 bits per heavy atom. The first-order valence-corrected chi connectivity index (χ1v) is 5.69. The maximum Gasteiger partial charge on any atom is 0.460 e. The van der Waals surface area contributed by atoms with Gasteiger partial charge in [0.25, 0.3) is 0 Å².